The van der Waals surface area contributed by atoms with Gasteiger partial charge in [-0.15, -0.1) is 0 Å². The van der Waals surface area contributed by atoms with Crippen LogP contribution in [0.15, 0.2) is 33.4 Å². The number of ether oxygens (including phenoxy) is 2. The molecule has 0 atom stereocenters. The van der Waals surface area contributed by atoms with Gasteiger partial charge >= 0.3 is 6.08 Å². The van der Waals surface area contributed by atoms with E-state index < -0.39 is 0 Å². The van der Waals surface area contributed by atoms with Gasteiger partial charge < -0.3 is 19.2 Å². The van der Waals surface area contributed by atoms with Gasteiger partial charge in [0.2, 0.25) is 0 Å². The fourth-order valence-corrected chi connectivity index (χ4v) is 1.82. The van der Waals surface area contributed by atoms with Gasteiger partial charge in [0.1, 0.15) is 17.8 Å². The van der Waals surface area contributed by atoms with Crippen molar-refractivity contribution < 1.29 is 13.9 Å². The Morgan fingerprint density at radius 1 is 1.44 bits per heavy atom. The molecule has 96 valence electrons. The van der Waals surface area contributed by atoms with Gasteiger partial charge in [-0.1, -0.05) is 0 Å². The van der Waals surface area contributed by atoms with Crippen molar-refractivity contribution in [2.45, 2.75) is 6.54 Å². The second kappa shape index (κ2) is 5.88. The Kier molecular flexibility index (Phi) is 4.22. The van der Waals surface area contributed by atoms with Gasteiger partial charge in [0.25, 0.3) is 0 Å². The Morgan fingerprint density at radius 2 is 2.28 bits per heavy atom. The number of aromatic nitrogens is 1. The van der Waals surface area contributed by atoms with Gasteiger partial charge in [-0.3, -0.25) is 0 Å². The zero-order valence-corrected chi connectivity index (χ0v) is 11.7. The van der Waals surface area contributed by atoms with E-state index in [2.05, 4.69) is 26.2 Å². The van der Waals surface area contributed by atoms with E-state index in [1.54, 1.807) is 25.5 Å². The Labute approximate surface area is 113 Å². The van der Waals surface area contributed by atoms with Crippen LogP contribution in [0.2, 0.25) is 0 Å². The molecule has 0 bridgehead atoms. The molecule has 1 N–H and O–H groups in total. The quantitative estimate of drug-likeness (QED) is 0.920. The molecule has 0 radical (unpaired) electrons. The van der Waals surface area contributed by atoms with Crippen LogP contribution in [0.3, 0.4) is 0 Å². The molecular formula is C12H13BrN2O3. The molecule has 0 aliphatic rings. The lowest BCUT2D eigenvalue weighted by atomic mass is 10.3. The van der Waals surface area contributed by atoms with Crippen molar-refractivity contribution in [3.63, 3.8) is 0 Å². The lowest BCUT2D eigenvalue weighted by Crippen LogP contribution is -2.04. The van der Waals surface area contributed by atoms with Crippen molar-refractivity contribution in [2.24, 2.45) is 0 Å². The number of halogens is 1. The topological polar surface area (TPSA) is 56.5 Å². The largest absolute Gasteiger partial charge is 0.497 e. The van der Waals surface area contributed by atoms with Crippen molar-refractivity contribution in [3.8, 4) is 17.6 Å². The Balaban J connectivity index is 2.12. The molecule has 0 unspecified atom stereocenters. The Hall–Kier alpha value is -1.53. The summed E-state index contributed by atoms with van der Waals surface area (Å²) in [6.45, 7) is 0.636. The van der Waals surface area contributed by atoms with Crippen LogP contribution in [0.25, 0.3) is 0 Å². The minimum atomic E-state index is 0.214. The van der Waals surface area contributed by atoms with Crippen LogP contribution in [-0.2, 0) is 6.54 Å². The fourth-order valence-electron chi connectivity index (χ4n) is 1.38. The summed E-state index contributed by atoms with van der Waals surface area (Å²) in [4.78, 5) is 4.18. The molecule has 1 heterocycles. The molecule has 0 fully saturated rings. The highest BCUT2D eigenvalue weighted by Crippen LogP contribution is 2.32. The zero-order valence-electron chi connectivity index (χ0n) is 10.1. The van der Waals surface area contributed by atoms with E-state index in [-0.39, 0.29) is 6.08 Å². The second-order valence-electron chi connectivity index (χ2n) is 3.53. The first-order valence-electron chi connectivity index (χ1n) is 5.33. The lowest BCUT2D eigenvalue weighted by molar-refractivity contribution is 0.328. The number of benzene rings is 1. The third-order valence-corrected chi connectivity index (χ3v) is 2.84. The monoisotopic (exact) mass is 312 g/mol. The molecular weight excluding hydrogens is 300 g/mol. The third kappa shape index (κ3) is 3.02. The van der Waals surface area contributed by atoms with E-state index >= 15 is 0 Å². The number of rotatable bonds is 5. The molecule has 5 nitrogen and oxygen atoms in total. The molecule has 18 heavy (non-hydrogen) atoms. The van der Waals surface area contributed by atoms with Crippen molar-refractivity contribution in [3.05, 3.63) is 34.6 Å². The van der Waals surface area contributed by atoms with Gasteiger partial charge in [-0.2, -0.15) is 4.98 Å². The van der Waals surface area contributed by atoms with E-state index in [9.17, 15) is 0 Å². The van der Waals surface area contributed by atoms with E-state index in [0.717, 1.165) is 15.9 Å². The van der Waals surface area contributed by atoms with Gasteiger partial charge in [0, 0.05) is 6.54 Å². The number of hydrogen-bond acceptors (Lipinski definition) is 5. The highest BCUT2D eigenvalue weighted by atomic mass is 79.9. The highest BCUT2D eigenvalue weighted by molar-refractivity contribution is 9.10. The maximum Gasteiger partial charge on any atom is 0.399 e. The van der Waals surface area contributed by atoms with Crippen molar-refractivity contribution in [1.82, 2.24) is 10.3 Å². The predicted octanol–water partition coefficient (Wildman–Crippen LogP) is 2.96. The van der Waals surface area contributed by atoms with E-state index in [1.165, 1.54) is 0 Å². The second-order valence-corrected chi connectivity index (χ2v) is 4.39. The smallest absolute Gasteiger partial charge is 0.399 e. The highest BCUT2D eigenvalue weighted by Gasteiger charge is 2.09. The Bertz CT molecular complexity index is 528. The average molecular weight is 313 g/mol. The van der Waals surface area contributed by atoms with Crippen molar-refractivity contribution in [2.75, 3.05) is 14.2 Å². The minimum absolute atomic E-state index is 0.214. The minimum Gasteiger partial charge on any atom is -0.497 e. The summed E-state index contributed by atoms with van der Waals surface area (Å²) in [6.07, 6.45) is 1.77. The predicted molar refractivity (Wildman–Crippen MR) is 70.0 cm³/mol. The van der Waals surface area contributed by atoms with Gasteiger partial charge in [0.15, 0.2) is 0 Å². The fraction of sp³-hybridized carbons (Fsp3) is 0.250. The normalized spacial score (nSPS) is 10.4. The summed E-state index contributed by atoms with van der Waals surface area (Å²) in [5.74, 6) is 1.37. The summed E-state index contributed by atoms with van der Waals surface area (Å²) in [5.41, 5.74) is 0.789. The molecule has 1 aromatic heterocycles. The number of nitrogens with one attached hydrogen (secondary N) is 1. The molecule has 0 aliphatic carbocycles. The molecule has 0 amide bonds. The summed E-state index contributed by atoms with van der Waals surface area (Å²) < 4.78 is 16.6. The number of methoxy groups -OCH3 is 1. The maximum atomic E-state index is 5.53. The molecule has 2 aromatic rings. The first kappa shape index (κ1) is 12.9. The SMILES string of the molecule is CNCc1coc(Oc2ccc(OC)cc2Br)n1. The van der Waals surface area contributed by atoms with Crippen molar-refractivity contribution >= 4 is 15.9 Å². The van der Waals surface area contributed by atoms with Gasteiger partial charge in [-0.25, -0.2) is 0 Å². The van der Waals surface area contributed by atoms with E-state index in [4.69, 9.17) is 13.9 Å². The lowest BCUT2D eigenvalue weighted by Gasteiger charge is -2.05. The van der Waals surface area contributed by atoms with E-state index in [0.29, 0.717) is 12.3 Å². The molecule has 6 heteroatoms. The molecule has 0 saturated carbocycles. The number of hydrogen-bond donors (Lipinski definition) is 1. The standard InChI is InChI=1S/C12H13BrN2O3/c1-14-6-8-7-17-12(15-8)18-11-4-3-9(16-2)5-10(11)13/h3-5,7,14H,6H2,1-2H3. The third-order valence-electron chi connectivity index (χ3n) is 2.22. The van der Waals surface area contributed by atoms with Crippen LogP contribution in [0.5, 0.6) is 17.6 Å². The molecule has 0 spiro atoms. The maximum absolute atomic E-state index is 5.53. The summed E-state index contributed by atoms with van der Waals surface area (Å²) in [6, 6.07) is 5.40. The van der Waals surface area contributed by atoms with Crippen molar-refractivity contribution in [1.29, 1.82) is 0 Å². The zero-order chi connectivity index (χ0) is 13.0. The summed E-state index contributed by atoms with van der Waals surface area (Å²) >= 11 is 3.40. The van der Waals surface area contributed by atoms with Gasteiger partial charge in [-0.05, 0) is 41.2 Å². The van der Waals surface area contributed by atoms with Gasteiger partial charge in [0.05, 0.1) is 17.3 Å². The van der Waals surface area contributed by atoms with Crippen LogP contribution in [-0.4, -0.2) is 19.1 Å². The van der Waals surface area contributed by atoms with E-state index in [1.807, 2.05) is 13.1 Å². The summed E-state index contributed by atoms with van der Waals surface area (Å²) in [5, 5.41) is 2.98. The molecule has 1 aromatic carbocycles. The average Bonchev–Trinajstić information content (AvgIpc) is 2.80. The van der Waals surface area contributed by atoms with Crippen LogP contribution < -0.4 is 14.8 Å². The molecule has 0 aliphatic heterocycles. The first-order chi connectivity index (χ1) is 8.72. The molecule has 2 rings (SSSR count). The molecule has 0 saturated heterocycles. The number of oxazole rings is 1. The van der Waals surface area contributed by atoms with Crippen LogP contribution in [0.1, 0.15) is 5.69 Å². The first-order valence-corrected chi connectivity index (χ1v) is 6.12. The Morgan fingerprint density at radius 3 is 2.94 bits per heavy atom. The van der Waals surface area contributed by atoms with Crippen LogP contribution in [0.4, 0.5) is 0 Å². The number of nitrogens with zero attached hydrogens (tertiary/aromatic N) is 1. The summed E-state index contributed by atoms with van der Waals surface area (Å²) in [7, 11) is 3.45. The van der Waals surface area contributed by atoms with Crippen LogP contribution >= 0.6 is 15.9 Å². The van der Waals surface area contributed by atoms with Crippen LogP contribution in [0, 0.1) is 0 Å².